The Bertz CT molecular complexity index is 3490. The molecule has 12 amide bonds. The van der Waals surface area contributed by atoms with E-state index in [0.717, 1.165) is 32.4 Å². The molecule has 0 spiro atoms. The van der Waals surface area contributed by atoms with E-state index < -0.39 is 114 Å². The Morgan fingerprint density at radius 3 is 1.93 bits per heavy atom. The van der Waals surface area contributed by atoms with Crippen LogP contribution in [0.2, 0.25) is 5.02 Å². The van der Waals surface area contributed by atoms with Gasteiger partial charge in [-0.05, 0) is 96.1 Å². The third-order valence-electron chi connectivity index (χ3n) is 14.4. The highest BCUT2D eigenvalue weighted by Gasteiger charge is 2.37. The van der Waals surface area contributed by atoms with Gasteiger partial charge in [0, 0.05) is 65.0 Å². The van der Waals surface area contributed by atoms with E-state index in [0.29, 0.717) is 50.3 Å². The minimum atomic E-state index is -1.76. The van der Waals surface area contributed by atoms with Crippen molar-refractivity contribution >= 4 is 120 Å². The number of aliphatic hydroxyl groups is 1. The number of benzene rings is 5. The van der Waals surface area contributed by atoms with Crippen molar-refractivity contribution in [2.75, 3.05) is 23.4 Å². The Balaban J connectivity index is 1.29. The number of aromatic amines is 1. The van der Waals surface area contributed by atoms with E-state index in [-0.39, 0.29) is 56.6 Å². The second-order valence-corrected chi connectivity index (χ2v) is 24.1. The lowest BCUT2D eigenvalue weighted by atomic mass is 10.0. The third kappa shape index (κ3) is 19.6. The molecule has 1 fully saturated rings. The topological polar surface area (TPSA) is 419 Å². The highest BCUT2D eigenvalue weighted by atomic mass is 35.5. The van der Waals surface area contributed by atoms with Crippen LogP contribution in [0.15, 0.2) is 121 Å². The van der Waals surface area contributed by atoms with Gasteiger partial charge in [0.2, 0.25) is 47.3 Å². The number of urea groups is 2. The van der Waals surface area contributed by atoms with Crippen LogP contribution in [-0.4, -0.2) is 142 Å². The van der Waals surface area contributed by atoms with Crippen LogP contribution in [-0.2, 0) is 64.0 Å². The Hall–Kier alpha value is -8.89. The molecule has 0 unspecified atom stereocenters. The summed E-state index contributed by atoms with van der Waals surface area (Å²) < 4.78 is 0. The van der Waals surface area contributed by atoms with E-state index in [2.05, 4.69) is 52.8 Å². The molecular weight excluding hydrogens is 1190 g/mol. The molecule has 1 aromatic heterocycles. The van der Waals surface area contributed by atoms with Gasteiger partial charge in [-0.3, -0.25) is 38.4 Å². The second kappa shape index (κ2) is 32.2. The van der Waals surface area contributed by atoms with Crippen molar-refractivity contribution in [3.63, 3.8) is 0 Å². The van der Waals surface area contributed by atoms with Gasteiger partial charge in [-0.25, -0.2) is 9.59 Å². The minimum absolute atomic E-state index is 0.0385. The number of carbonyl (C=O) groups is 10. The molecule has 2 heterocycles. The number of hydrogen-bond acceptors (Lipinski definition) is 14. The average Bonchev–Trinajstić information content (AvgIpc) is 3.67. The van der Waals surface area contributed by atoms with Crippen molar-refractivity contribution < 1.29 is 53.1 Å². The Morgan fingerprint density at radius 1 is 0.636 bits per heavy atom. The van der Waals surface area contributed by atoms with Gasteiger partial charge in [0.05, 0.1) is 6.10 Å². The van der Waals surface area contributed by atoms with Gasteiger partial charge >= 0.3 is 12.1 Å². The second-order valence-electron chi connectivity index (χ2n) is 21.1. The number of anilines is 1. The summed E-state index contributed by atoms with van der Waals surface area (Å²) in [5, 5.41) is 37.7. The molecule has 0 aliphatic carbocycles. The third-order valence-corrected chi connectivity index (χ3v) is 17.1. The van der Waals surface area contributed by atoms with Crippen molar-refractivity contribution in [2.24, 2.45) is 22.9 Å². The largest absolute Gasteiger partial charge is 0.391 e. The number of carbonyl (C=O) groups excluding carboxylic acids is 10. The number of halogens is 1. The van der Waals surface area contributed by atoms with E-state index in [9.17, 15) is 43.5 Å². The van der Waals surface area contributed by atoms with Crippen molar-refractivity contribution in [3.8, 4) is 0 Å². The molecule has 1 aliphatic heterocycles. The van der Waals surface area contributed by atoms with Gasteiger partial charge in [-0.15, -0.1) is 0 Å². The van der Waals surface area contributed by atoms with E-state index in [1.807, 2.05) is 42.5 Å². The number of aromatic nitrogens is 1. The molecule has 1 aliphatic rings. The number of unbranched alkanes of at least 4 members (excludes halogenated alkanes) is 1. The number of H-pyrrole nitrogens is 1. The minimum Gasteiger partial charge on any atom is -0.391 e. The zero-order chi connectivity index (χ0) is 63.4. The molecular formula is C60H71ClN14O11S2. The van der Waals surface area contributed by atoms with Gasteiger partial charge < -0.3 is 80.9 Å². The van der Waals surface area contributed by atoms with Crippen molar-refractivity contribution in [1.82, 2.24) is 47.5 Å². The summed E-state index contributed by atoms with van der Waals surface area (Å²) in [6.45, 7) is 1.44. The number of nitrogens with two attached hydrogens (primary N) is 4. The van der Waals surface area contributed by atoms with Crippen molar-refractivity contribution in [2.45, 2.75) is 106 Å². The number of aliphatic hydroxyl groups excluding tert-OH is 1. The van der Waals surface area contributed by atoms with Crippen LogP contribution in [0.1, 0.15) is 48.4 Å². The van der Waals surface area contributed by atoms with Crippen LogP contribution >= 0.6 is 33.2 Å². The Kier molecular flexibility index (Phi) is 24.4. The lowest BCUT2D eigenvalue weighted by Gasteiger charge is -2.29. The first-order chi connectivity index (χ1) is 42.1. The summed E-state index contributed by atoms with van der Waals surface area (Å²) in [5.41, 5.74) is 25.9. The summed E-state index contributed by atoms with van der Waals surface area (Å²) >= 11 is 6.13. The van der Waals surface area contributed by atoms with E-state index in [1.165, 1.54) is 19.1 Å². The number of rotatable bonds is 20. The standard InChI is InChI=1S/C60H71ClN14O11S2/c1-32(76)50-58(84)73-49(56(82)69-44(51(63)77)27-35-13-18-36-8-2-3-9-37(36)24-35)31-88-87-30-48(72-54(80)46(74-60(65)86)26-33-14-19-39(61)20-15-33)57(83)70-45(25-34-16-21-40(22-17-34)67-59(64)85)53(79)71-47(28-38-29-66-42-11-5-4-10-41(38)42)55(81)68-43(52(78)75-50)12-6-7-23-62/h2-5,8-11,13-22,24,29,32,43-50,66,76H,6-7,12,23,25-28,30-31,62H2,1H3,(H2,63,77)(H,68,81)(H,69,82)(H,70,83)(H,71,79)(H,72,80)(H,73,84)(H,75,78)(H3,64,67,85)(H3,65,74,86)/t32-,43+,44+,45+,46-,47-,48-,49+,50+/m1/s1. The fraction of sp³-hybridized carbons (Fsp3) is 0.333. The van der Waals surface area contributed by atoms with Crippen molar-refractivity contribution in [1.29, 1.82) is 0 Å². The first-order valence-corrected chi connectivity index (χ1v) is 31.0. The number of amides is 12. The molecule has 5 aromatic carbocycles. The maximum atomic E-state index is 15.1. The molecule has 28 heteroatoms. The lowest BCUT2D eigenvalue weighted by molar-refractivity contribution is -0.136. The predicted molar refractivity (Wildman–Crippen MR) is 337 cm³/mol. The van der Waals surface area contributed by atoms with Gasteiger partial charge in [0.15, 0.2) is 0 Å². The van der Waals surface area contributed by atoms with E-state index in [4.69, 9.17) is 34.5 Å². The molecule has 9 atom stereocenters. The lowest BCUT2D eigenvalue weighted by Crippen LogP contribution is -2.62. The molecule has 88 heavy (non-hydrogen) atoms. The number of fused-ring (bicyclic) bond motifs is 2. The molecule has 0 radical (unpaired) electrons. The zero-order valence-electron chi connectivity index (χ0n) is 47.8. The monoisotopic (exact) mass is 1260 g/mol. The number of primary amides is 3. The molecule has 19 N–H and O–H groups in total. The molecule has 7 rings (SSSR count). The molecule has 25 nitrogen and oxygen atoms in total. The van der Waals surface area contributed by atoms with Crippen LogP contribution in [0.3, 0.4) is 0 Å². The molecule has 0 saturated carbocycles. The normalized spacial score (nSPS) is 20.1. The van der Waals surface area contributed by atoms with Crippen LogP contribution < -0.4 is 70.8 Å². The van der Waals surface area contributed by atoms with Gasteiger partial charge in [0.1, 0.15) is 48.3 Å². The SMILES string of the molecule is C[C@@H](O)[C@@H]1NC(=O)[C@H](CCCCN)NC(=O)[C@@H](Cc2c[nH]c3ccccc23)NC(=O)[C@H](Cc2ccc(NC(N)=O)cc2)NC(=O)[C@H](NC(=O)[C@@H](Cc2ccc(Cl)cc2)NC(N)=O)CSSC[C@@H](C(=O)N[C@@H](Cc2ccc3ccccc3c2)C(N)=O)NC1=O. The fourth-order valence-corrected chi connectivity index (χ4v) is 12.2. The first kappa shape index (κ1) is 66.6. The van der Waals surface area contributed by atoms with Crippen LogP contribution in [0.5, 0.6) is 0 Å². The quantitative estimate of drug-likeness (QED) is 0.0381. The summed E-state index contributed by atoms with van der Waals surface area (Å²) in [7, 11) is 1.87. The highest BCUT2D eigenvalue weighted by Crippen LogP contribution is 2.25. The zero-order valence-corrected chi connectivity index (χ0v) is 50.2. The van der Waals surface area contributed by atoms with Crippen LogP contribution in [0, 0.1) is 0 Å². The molecule has 1 saturated heterocycles. The summed E-state index contributed by atoms with van der Waals surface area (Å²) in [6.07, 6.45) is 0.0789. The predicted octanol–water partition coefficient (Wildman–Crippen LogP) is 1.56. The fourth-order valence-electron chi connectivity index (χ4n) is 9.74. The summed E-state index contributed by atoms with van der Waals surface area (Å²) in [6, 6.07) is 18.8. The number of nitrogens with one attached hydrogen (secondary N) is 10. The Morgan fingerprint density at radius 2 is 1.25 bits per heavy atom. The molecule has 6 aromatic rings. The number of para-hydroxylation sites is 1. The number of hydrogen-bond donors (Lipinski definition) is 15. The van der Waals surface area contributed by atoms with Gasteiger partial charge in [-0.2, -0.15) is 0 Å². The first-order valence-electron chi connectivity index (χ1n) is 28.2. The molecule has 466 valence electrons. The smallest absolute Gasteiger partial charge is 0.316 e. The summed E-state index contributed by atoms with van der Waals surface area (Å²) in [5.74, 6) is -8.03. The van der Waals surface area contributed by atoms with E-state index in [1.54, 1.807) is 66.9 Å². The maximum Gasteiger partial charge on any atom is 0.316 e. The van der Waals surface area contributed by atoms with Gasteiger partial charge in [-0.1, -0.05) is 118 Å². The van der Waals surface area contributed by atoms with Crippen LogP contribution in [0.4, 0.5) is 15.3 Å². The highest BCUT2D eigenvalue weighted by molar-refractivity contribution is 8.76. The van der Waals surface area contributed by atoms with Crippen molar-refractivity contribution in [3.05, 3.63) is 149 Å². The van der Waals surface area contributed by atoms with E-state index >= 15 is 9.59 Å². The summed E-state index contributed by atoms with van der Waals surface area (Å²) in [4.78, 5) is 143. The van der Waals surface area contributed by atoms with Gasteiger partial charge in [0.25, 0.3) is 0 Å². The Labute approximate surface area is 519 Å². The maximum absolute atomic E-state index is 15.1. The molecule has 0 bridgehead atoms. The van der Waals surface area contributed by atoms with Crippen LogP contribution in [0.25, 0.3) is 21.7 Å². The average molecular weight is 1260 g/mol.